The molecular formula is C16H22N2OS. The molecule has 0 radical (unpaired) electrons. The average molecular weight is 290 g/mol. The van der Waals surface area contributed by atoms with Crippen LogP contribution in [0.3, 0.4) is 0 Å². The van der Waals surface area contributed by atoms with Crippen LogP contribution in [-0.4, -0.2) is 14.9 Å². The Morgan fingerprint density at radius 2 is 2.15 bits per heavy atom. The van der Waals surface area contributed by atoms with Gasteiger partial charge < -0.3 is 5.11 Å². The Balaban J connectivity index is 1.66. The Bertz CT molecular complexity index is 554. The van der Waals surface area contributed by atoms with Crippen LogP contribution < -0.4 is 0 Å². The number of aliphatic hydroxyl groups excluding tert-OH is 1. The van der Waals surface area contributed by atoms with Gasteiger partial charge in [-0.1, -0.05) is 19.3 Å². The van der Waals surface area contributed by atoms with Crippen molar-refractivity contribution >= 4 is 11.3 Å². The van der Waals surface area contributed by atoms with Crippen LogP contribution in [0.15, 0.2) is 23.7 Å². The van der Waals surface area contributed by atoms with E-state index in [0.29, 0.717) is 12.5 Å². The van der Waals surface area contributed by atoms with E-state index in [4.69, 9.17) is 0 Å². The van der Waals surface area contributed by atoms with Crippen LogP contribution in [0.4, 0.5) is 0 Å². The number of nitrogens with zero attached hydrogens (tertiary/aromatic N) is 2. The molecule has 0 aromatic carbocycles. The summed E-state index contributed by atoms with van der Waals surface area (Å²) in [5, 5.41) is 17.0. The molecule has 1 unspecified atom stereocenters. The van der Waals surface area contributed by atoms with E-state index in [0.717, 1.165) is 10.6 Å². The van der Waals surface area contributed by atoms with Gasteiger partial charge in [-0.25, -0.2) is 0 Å². The number of aryl methyl sites for hydroxylation is 1. The fourth-order valence-corrected chi connectivity index (χ4v) is 3.96. The van der Waals surface area contributed by atoms with Crippen molar-refractivity contribution < 1.29 is 5.11 Å². The van der Waals surface area contributed by atoms with Gasteiger partial charge in [-0.2, -0.15) is 5.10 Å². The predicted molar refractivity (Wildman–Crippen MR) is 82.1 cm³/mol. The zero-order valence-corrected chi connectivity index (χ0v) is 12.8. The molecule has 1 N–H and O–H groups in total. The maximum absolute atomic E-state index is 10.3. The molecule has 1 fully saturated rings. The molecule has 4 heteroatoms. The highest BCUT2D eigenvalue weighted by Crippen LogP contribution is 2.29. The monoisotopic (exact) mass is 290 g/mol. The van der Waals surface area contributed by atoms with Gasteiger partial charge in [0.25, 0.3) is 0 Å². The quantitative estimate of drug-likeness (QED) is 0.923. The van der Waals surface area contributed by atoms with Crippen molar-refractivity contribution in [2.45, 2.75) is 57.6 Å². The van der Waals surface area contributed by atoms with E-state index in [9.17, 15) is 5.11 Å². The van der Waals surface area contributed by atoms with Gasteiger partial charge in [0.2, 0.25) is 0 Å². The molecule has 0 aliphatic heterocycles. The maximum atomic E-state index is 10.3. The van der Waals surface area contributed by atoms with Crippen LogP contribution in [0, 0.1) is 6.92 Å². The van der Waals surface area contributed by atoms with Crippen LogP contribution in [0.2, 0.25) is 0 Å². The van der Waals surface area contributed by atoms with Crippen molar-refractivity contribution in [2.24, 2.45) is 0 Å². The summed E-state index contributed by atoms with van der Waals surface area (Å²) in [7, 11) is 0. The third-order valence-electron chi connectivity index (χ3n) is 4.22. The predicted octanol–water partition coefficient (Wildman–Crippen LogP) is 4.03. The van der Waals surface area contributed by atoms with Crippen molar-refractivity contribution in [2.75, 3.05) is 0 Å². The summed E-state index contributed by atoms with van der Waals surface area (Å²) in [6.45, 7) is 2.05. The molecule has 108 valence electrons. The number of thiophene rings is 1. The van der Waals surface area contributed by atoms with Crippen molar-refractivity contribution in [3.05, 3.63) is 39.8 Å². The standard InChI is InChI=1S/C16H22N2OS/c1-12-8-10-20-16(12)15(19)11-13-7-9-18(17-13)14-5-3-2-4-6-14/h7-10,14-15,19H,2-6,11H2,1H3. The lowest BCUT2D eigenvalue weighted by atomic mass is 9.96. The second-order valence-corrected chi connectivity index (χ2v) is 6.71. The van der Waals surface area contributed by atoms with Gasteiger partial charge in [-0.3, -0.25) is 4.68 Å². The van der Waals surface area contributed by atoms with Crippen LogP contribution >= 0.6 is 11.3 Å². The van der Waals surface area contributed by atoms with Gasteiger partial charge >= 0.3 is 0 Å². The highest BCUT2D eigenvalue weighted by Gasteiger charge is 2.18. The van der Waals surface area contributed by atoms with E-state index in [-0.39, 0.29) is 0 Å². The first-order chi connectivity index (χ1) is 9.74. The summed E-state index contributed by atoms with van der Waals surface area (Å²) in [5.41, 5.74) is 2.17. The lowest BCUT2D eigenvalue weighted by Crippen LogP contribution is -2.13. The van der Waals surface area contributed by atoms with Crippen LogP contribution in [0.1, 0.15) is 60.4 Å². The molecule has 1 atom stereocenters. The zero-order valence-electron chi connectivity index (χ0n) is 12.0. The Morgan fingerprint density at radius 1 is 1.35 bits per heavy atom. The molecule has 2 aromatic rings. The first-order valence-electron chi connectivity index (χ1n) is 7.50. The van der Waals surface area contributed by atoms with Gasteiger partial charge in [0.1, 0.15) is 0 Å². The second-order valence-electron chi connectivity index (χ2n) is 5.77. The summed E-state index contributed by atoms with van der Waals surface area (Å²) < 4.78 is 2.11. The summed E-state index contributed by atoms with van der Waals surface area (Å²) in [6, 6.07) is 4.68. The Kier molecular flexibility index (Phi) is 4.22. The smallest absolute Gasteiger partial charge is 0.0940 e. The van der Waals surface area contributed by atoms with E-state index >= 15 is 0 Å². The van der Waals surface area contributed by atoms with Crippen LogP contribution in [0.25, 0.3) is 0 Å². The minimum Gasteiger partial charge on any atom is -0.387 e. The molecule has 2 heterocycles. The van der Waals surface area contributed by atoms with Crippen LogP contribution in [0.5, 0.6) is 0 Å². The third kappa shape index (κ3) is 2.96. The number of aromatic nitrogens is 2. The lowest BCUT2D eigenvalue weighted by molar-refractivity contribution is 0.179. The molecule has 2 aromatic heterocycles. The van der Waals surface area contributed by atoms with Gasteiger partial charge in [-0.15, -0.1) is 11.3 Å². The fraction of sp³-hybridized carbons (Fsp3) is 0.562. The average Bonchev–Trinajstić information content (AvgIpc) is 3.09. The second kappa shape index (κ2) is 6.10. The Labute approximate surface area is 124 Å². The third-order valence-corrected chi connectivity index (χ3v) is 5.34. The van der Waals surface area contributed by atoms with E-state index < -0.39 is 6.10 Å². The maximum Gasteiger partial charge on any atom is 0.0940 e. The first kappa shape index (κ1) is 13.8. The van der Waals surface area contributed by atoms with Gasteiger partial charge in [0.05, 0.1) is 17.8 Å². The van der Waals surface area contributed by atoms with E-state index in [1.54, 1.807) is 11.3 Å². The summed E-state index contributed by atoms with van der Waals surface area (Å²) in [4.78, 5) is 1.07. The zero-order chi connectivity index (χ0) is 13.9. The molecule has 0 bridgehead atoms. The van der Waals surface area contributed by atoms with Gasteiger partial charge in [0.15, 0.2) is 0 Å². The topological polar surface area (TPSA) is 38.0 Å². The van der Waals surface area contributed by atoms with Crippen molar-refractivity contribution in [3.8, 4) is 0 Å². The van der Waals surface area contributed by atoms with E-state index in [2.05, 4.69) is 35.0 Å². The Morgan fingerprint density at radius 3 is 2.85 bits per heavy atom. The van der Waals surface area contributed by atoms with Crippen LogP contribution in [-0.2, 0) is 6.42 Å². The largest absolute Gasteiger partial charge is 0.387 e. The van der Waals surface area contributed by atoms with E-state index in [1.807, 2.05) is 5.38 Å². The molecule has 1 saturated carbocycles. The minimum absolute atomic E-state index is 0.426. The lowest BCUT2D eigenvalue weighted by Gasteiger charge is -2.21. The van der Waals surface area contributed by atoms with Crippen molar-refractivity contribution in [1.29, 1.82) is 0 Å². The fourth-order valence-electron chi connectivity index (χ4n) is 3.05. The number of hydrogen-bond acceptors (Lipinski definition) is 3. The normalized spacial score (nSPS) is 18.3. The van der Waals surface area contributed by atoms with Gasteiger partial charge in [0, 0.05) is 17.5 Å². The molecular weight excluding hydrogens is 268 g/mol. The Hall–Kier alpha value is -1.13. The molecule has 0 amide bonds. The van der Waals surface area contributed by atoms with E-state index in [1.165, 1.54) is 37.7 Å². The van der Waals surface area contributed by atoms with Gasteiger partial charge in [-0.05, 0) is 42.8 Å². The number of rotatable bonds is 4. The highest BCUT2D eigenvalue weighted by atomic mass is 32.1. The summed E-state index contributed by atoms with van der Waals surface area (Å²) in [5.74, 6) is 0. The molecule has 0 spiro atoms. The SMILES string of the molecule is Cc1ccsc1C(O)Cc1ccn(C2CCCCC2)n1. The summed E-state index contributed by atoms with van der Waals surface area (Å²) in [6.07, 6.45) is 8.75. The number of hydrogen-bond donors (Lipinski definition) is 1. The molecule has 0 saturated heterocycles. The summed E-state index contributed by atoms with van der Waals surface area (Å²) >= 11 is 1.63. The minimum atomic E-state index is -0.426. The molecule has 1 aliphatic rings. The van der Waals surface area contributed by atoms with Crippen molar-refractivity contribution in [3.63, 3.8) is 0 Å². The first-order valence-corrected chi connectivity index (χ1v) is 8.38. The highest BCUT2D eigenvalue weighted by molar-refractivity contribution is 7.10. The molecule has 20 heavy (non-hydrogen) atoms. The molecule has 3 rings (SSSR count). The molecule has 3 nitrogen and oxygen atoms in total. The molecule has 1 aliphatic carbocycles. The number of aliphatic hydroxyl groups is 1. The van der Waals surface area contributed by atoms with Crippen molar-refractivity contribution in [1.82, 2.24) is 9.78 Å².